The molecule has 0 saturated carbocycles. The number of aliphatic imine (C=N–C) groups is 1. The van der Waals surface area contributed by atoms with Crippen molar-refractivity contribution in [3.63, 3.8) is 0 Å². The molecule has 1 fully saturated rings. The van der Waals surface area contributed by atoms with E-state index in [1.807, 2.05) is 11.3 Å². The summed E-state index contributed by atoms with van der Waals surface area (Å²) in [6.45, 7) is 8.60. The van der Waals surface area contributed by atoms with Gasteiger partial charge in [-0.1, -0.05) is 13.0 Å². The first-order valence-electron chi connectivity index (χ1n) is 7.35. The predicted octanol–water partition coefficient (Wildman–Crippen LogP) is 2.99. The number of nitrogens with one attached hydrogen (secondary N) is 1. The second-order valence-electron chi connectivity index (χ2n) is 5.26. The van der Waals surface area contributed by atoms with Gasteiger partial charge in [0.05, 0.1) is 0 Å². The van der Waals surface area contributed by atoms with Crippen LogP contribution in [0.1, 0.15) is 31.6 Å². The van der Waals surface area contributed by atoms with Gasteiger partial charge in [-0.2, -0.15) is 0 Å². The summed E-state index contributed by atoms with van der Waals surface area (Å²) in [5.74, 6) is 1.89. The number of nitrogens with zero attached hydrogens (tertiary/aromatic N) is 2. The monoisotopic (exact) mass is 279 g/mol. The molecule has 0 bridgehead atoms. The molecule has 1 unspecified atom stereocenters. The fourth-order valence-electron chi connectivity index (χ4n) is 2.53. The Morgan fingerprint density at radius 3 is 3.16 bits per heavy atom. The van der Waals surface area contributed by atoms with Gasteiger partial charge in [0.25, 0.3) is 0 Å². The number of guanidine groups is 1. The zero-order chi connectivity index (χ0) is 13.5. The number of piperidine rings is 1. The highest BCUT2D eigenvalue weighted by Crippen LogP contribution is 2.15. The van der Waals surface area contributed by atoms with E-state index in [1.165, 1.54) is 17.7 Å². The summed E-state index contributed by atoms with van der Waals surface area (Å²) >= 11 is 1.82. The van der Waals surface area contributed by atoms with E-state index in [1.54, 1.807) is 0 Å². The molecule has 1 atom stereocenters. The number of rotatable bonds is 4. The number of thiophene rings is 1. The van der Waals surface area contributed by atoms with Crippen molar-refractivity contribution in [1.29, 1.82) is 0 Å². The molecule has 0 radical (unpaired) electrons. The van der Waals surface area contributed by atoms with Gasteiger partial charge >= 0.3 is 0 Å². The first kappa shape index (κ1) is 14.4. The van der Waals surface area contributed by atoms with Crippen LogP contribution in [0.25, 0.3) is 0 Å². The highest BCUT2D eigenvalue weighted by Gasteiger charge is 2.18. The first-order valence-corrected chi connectivity index (χ1v) is 8.23. The molecule has 1 saturated heterocycles. The summed E-state index contributed by atoms with van der Waals surface area (Å²) in [5, 5.41) is 5.57. The molecule has 3 nitrogen and oxygen atoms in total. The lowest BCUT2D eigenvalue weighted by Gasteiger charge is -2.33. The summed E-state index contributed by atoms with van der Waals surface area (Å²) in [5.41, 5.74) is 0. The Morgan fingerprint density at radius 1 is 1.58 bits per heavy atom. The molecule has 0 aromatic carbocycles. The Hall–Kier alpha value is -1.03. The Labute approximate surface area is 120 Å². The second kappa shape index (κ2) is 7.53. The van der Waals surface area contributed by atoms with Crippen molar-refractivity contribution in [3.8, 4) is 0 Å². The van der Waals surface area contributed by atoms with Gasteiger partial charge in [0.2, 0.25) is 0 Å². The zero-order valence-corrected chi connectivity index (χ0v) is 12.9. The maximum absolute atomic E-state index is 4.78. The molecule has 2 heterocycles. The van der Waals surface area contributed by atoms with Crippen molar-refractivity contribution in [2.75, 3.05) is 26.2 Å². The SMILES string of the molecule is CCNC(=NCCc1cccs1)N1CCCC(C)C1. The predicted molar refractivity (Wildman–Crippen MR) is 84.0 cm³/mol. The first-order chi connectivity index (χ1) is 9.29. The minimum Gasteiger partial charge on any atom is -0.357 e. The molecule has 0 spiro atoms. The summed E-state index contributed by atoms with van der Waals surface area (Å²) in [6, 6.07) is 4.30. The minimum atomic E-state index is 0.787. The van der Waals surface area contributed by atoms with Crippen molar-refractivity contribution < 1.29 is 0 Å². The molecule has 2 rings (SSSR count). The standard InChI is InChI=1S/C15H25N3S/c1-3-16-15(18-10-4-6-13(2)12-18)17-9-8-14-7-5-11-19-14/h5,7,11,13H,3-4,6,8-10,12H2,1-2H3,(H,16,17). The van der Waals surface area contributed by atoms with E-state index in [-0.39, 0.29) is 0 Å². The third-order valence-electron chi connectivity index (χ3n) is 3.49. The largest absolute Gasteiger partial charge is 0.357 e. The summed E-state index contributed by atoms with van der Waals surface area (Å²) in [7, 11) is 0. The summed E-state index contributed by atoms with van der Waals surface area (Å²) in [6.07, 6.45) is 3.69. The van der Waals surface area contributed by atoms with Crippen LogP contribution in [0.15, 0.2) is 22.5 Å². The minimum absolute atomic E-state index is 0.787. The van der Waals surface area contributed by atoms with Crippen LogP contribution in [0.4, 0.5) is 0 Å². The molecule has 19 heavy (non-hydrogen) atoms. The lowest BCUT2D eigenvalue weighted by Crippen LogP contribution is -2.46. The van der Waals surface area contributed by atoms with Gasteiger partial charge < -0.3 is 10.2 Å². The molecule has 1 aromatic rings. The average Bonchev–Trinajstić information content (AvgIpc) is 2.91. The van der Waals surface area contributed by atoms with Crippen LogP contribution in [0.5, 0.6) is 0 Å². The van der Waals surface area contributed by atoms with E-state index in [2.05, 4.69) is 41.6 Å². The van der Waals surface area contributed by atoms with E-state index >= 15 is 0 Å². The Bertz CT molecular complexity index is 386. The van der Waals surface area contributed by atoms with E-state index in [9.17, 15) is 0 Å². The van der Waals surface area contributed by atoms with E-state index in [0.29, 0.717) is 0 Å². The van der Waals surface area contributed by atoms with Crippen molar-refractivity contribution >= 4 is 17.3 Å². The molecule has 1 aromatic heterocycles. The van der Waals surface area contributed by atoms with Crippen molar-refractivity contribution in [3.05, 3.63) is 22.4 Å². The molecular formula is C15H25N3S. The van der Waals surface area contributed by atoms with Gasteiger partial charge in [-0.05, 0) is 37.1 Å². The van der Waals surface area contributed by atoms with Crippen LogP contribution < -0.4 is 5.32 Å². The highest BCUT2D eigenvalue weighted by atomic mass is 32.1. The van der Waals surface area contributed by atoms with Gasteiger partial charge in [0.1, 0.15) is 0 Å². The Morgan fingerprint density at radius 2 is 2.47 bits per heavy atom. The van der Waals surface area contributed by atoms with Gasteiger partial charge in [-0.15, -0.1) is 11.3 Å². The van der Waals surface area contributed by atoms with E-state index in [4.69, 9.17) is 4.99 Å². The van der Waals surface area contributed by atoms with Crippen LogP contribution in [0, 0.1) is 5.92 Å². The third kappa shape index (κ3) is 4.53. The molecule has 1 N–H and O–H groups in total. The lowest BCUT2D eigenvalue weighted by molar-refractivity contribution is 0.266. The van der Waals surface area contributed by atoms with Gasteiger partial charge in [-0.25, -0.2) is 0 Å². The number of hydrogen-bond donors (Lipinski definition) is 1. The average molecular weight is 279 g/mol. The Balaban J connectivity index is 1.90. The normalized spacial score (nSPS) is 20.6. The van der Waals surface area contributed by atoms with Crippen molar-refractivity contribution in [2.24, 2.45) is 10.9 Å². The molecule has 4 heteroatoms. The number of hydrogen-bond acceptors (Lipinski definition) is 2. The molecule has 0 aliphatic carbocycles. The molecule has 1 aliphatic rings. The van der Waals surface area contributed by atoms with Crippen LogP contribution >= 0.6 is 11.3 Å². The van der Waals surface area contributed by atoms with Gasteiger partial charge in [0.15, 0.2) is 5.96 Å². The molecule has 0 amide bonds. The highest BCUT2D eigenvalue weighted by molar-refractivity contribution is 7.09. The molecule has 1 aliphatic heterocycles. The van der Waals surface area contributed by atoms with Gasteiger partial charge in [-0.3, -0.25) is 4.99 Å². The van der Waals surface area contributed by atoms with Crippen LogP contribution in [-0.2, 0) is 6.42 Å². The van der Waals surface area contributed by atoms with Crippen LogP contribution in [0.3, 0.4) is 0 Å². The topological polar surface area (TPSA) is 27.6 Å². The third-order valence-corrected chi connectivity index (χ3v) is 4.43. The summed E-state index contributed by atoms with van der Waals surface area (Å²) < 4.78 is 0. The van der Waals surface area contributed by atoms with E-state index < -0.39 is 0 Å². The van der Waals surface area contributed by atoms with Crippen molar-refractivity contribution in [1.82, 2.24) is 10.2 Å². The number of likely N-dealkylation sites (tertiary alicyclic amines) is 1. The van der Waals surface area contributed by atoms with Crippen LogP contribution in [-0.4, -0.2) is 37.0 Å². The fourth-order valence-corrected chi connectivity index (χ4v) is 3.23. The molecular weight excluding hydrogens is 254 g/mol. The quantitative estimate of drug-likeness (QED) is 0.678. The molecule has 106 valence electrons. The Kier molecular flexibility index (Phi) is 5.70. The zero-order valence-electron chi connectivity index (χ0n) is 12.1. The maximum atomic E-state index is 4.78. The second-order valence-corrected chi connectivity index (χ2v) is 6.29. The lowest BCUT2D eigenvalue weighted by atomic mass is 10.0. The van der Waals surface area contributed by atoms with Crippen molar-refractivity contribution in [2.45, 2.75) is 33.1 Å². The summed E-state index contributed by atoms with van der Waals surface area (Å²) in [4.78, 5) is 8.63. The van der Waals surface area contributed by atoms with E-state index in [0.717, 1.165) is 44.5 Å². The fraction of sp³-hybridized carbons (Fsp3) is 0.667. The van der Waals surface area contributed by atoms with Crippen LogP contribution in [0.2, 0.25) is 0 Å². The van der Waals surface area contributed by atoms with Gasteiger partial charge in [0, 0.05) is 37.5 Å². The maximum Gasteiger partial charge on any atom is 0.193 e. The smallest absolute Gasteiger partial charge is 0.193 e.